The summed E-state index contributed by atoms with van der Waals surface area (Å²) in [5.41, 5.74) is 1.01. The summed E-state index contributed by atoms with van der Waals surface area (Å²) in [5, 5.41) is 3.70. The van der Waals surface area contributed by atoms with Crippen LogP contribution in [0.1, 0.15) is 23.0 Å². The number of pyridine rings is 1. The van der Waals surface area contributed by atoms with Crippen molar-refractivity contribution in [3.05, 3.63) is 29.5 Å². The highest BCUT2D eigenvalue weighted by atomic mass is 16.5. The van der Waals surface area contributed by atoms with Gasteiger partial charge in [-0.25, -0.2) is 0 Å². The van der Waals surface area contributed by atoms with Gasteiger partial charge in [0.05, 0.1) is 19.8 Å². The number of ether oxygens (including phenoxy) is 2. The van der Waals surface area contributed by atoms with Crippen LogP contribution in [0.4, 0.5) is 5.82 Å². The highest BCUT2D eigenvalue weighted by Gasteiger charge is 2.30. The molecule has 0 saturated carbocycles. The van der Waals surface area contributed by atoms with Crippen LogP contribution in [-0.4, -0.2) is 36.3 Å². The molecule has 21 heavy (non-hydrogen) atoms. The van der Waals surface area contributed by atoms with Crippen LogP contribution < -0.4 is 14.4 Å². The van der Waals surface area contributed by atoms with E-state index in [1.807, 2.05) is 13.0 Å². The van der Waals surface area contributed by atoms with E-state index < -0.39 is 0 Å². The quantitative estimate of drug-likeness (QED) is 0.852. The molecule has 1 aliphatic heterocycles. The van der Waals surface area contributed by atoms with Crippen molar-refractivity contribution in [1.29, 1.82) is 0 Å². The first-order chi connectivity index (χ1) is 10.2. The van der Waals surface area contributed by atoms with E-state index in [9.17, 15) is 4.79 Å². The van der Waals surface area contributed by atoms with Gasteiger partial charge in [-0.1, -0.05) is 0 Å². The lowest BCUT2D eigenvalue weighted by atomic mass is 10.2. The number of methoxy groups -OCH3 is 1. The molecule has 0 saturated heterocycles. The summed E-state index contributed by atoms with van der Waals surface area (Å²) < 4.78 is 15.3. The molecule has 7 heteroatoms. The molecule has 1 amide bonds. The van der Waals surface area contributed by atoms with E-state index in [0.717, 1.165) is 12.0 Å². The van der Waals surface area contributed by atoms with Gasteiger partial charge in [0, 0.05) is 12.6 Å². The number of hydrogen-bond acceptors (Lipinski definition) is 6. The van der Waals surface area contributed by atoms with Crippen molar-refractivity contribution in [2.45, 2.75) is 13.3 Å². The number of hydrogen-bond donors (Lipinski definition) is 0. The lowest BCUT2D eigenvalue weighted by Crippen LogP contribution is -2.29. The molecule has 1 aliphatic rings. The summed E-state index contributed by atoms with van der Waals surface area (Å²) >= 11 is 0. The van der Waals surface area contributed by atoms with E-state index in [4.69, 9.17) is 14.0 Å². The Morgan fingerprint density at radius 3 is 3.05 bits per heavy atom. The second-order valence-electron chi connectivity index (χ2n) is 4.51. The predicted octanol–water partition coefficient (Wildman–Crippen LogP) is 1.68. The molecule has 0 radical (unpaired) electrons. The Kier molecular flexibility index (Phi) is 3.47. The molecule has 0 aromatic carbocycles. The van der Waals surface area contributed by atoms with E-state index in [1.165, 1.54) is 6.07 Å². The smallest absolute Gasteiger partial charge is 0.298 e. The number of anilines is 1. The van der Waals surface area contributed by atoms with E-state index in [-0.39, 0.29) is 11.7 Å². The van der Waals surface area contributed by atoms with Gasteiger partial charge in [-0.15, -0.1) is 0 Å². The van der Waals surface area contributed by atoms with Crippen molar-refractivity contribution in [1.82, 2.24) is 10.1 Å². The zero-order valence-corrected chi connectivity index (χ0v) is 11.8. The normalized spacial score (nSPS) is 13.1. The Bertz CT molecular complexity index is 668. The Labute approximate surface area is 121 Å². The fourth-order valence-electron chi connectivity index (χ4n) is 2.25. The number of carbonyl (C=O) groups is 1. The summed E-state index contributed by atoms with van der Waals surface area (Å²) in [7, 11) is 1.54. The first-order valence-electron chi connectivity index (χ1n) is 6.68. The third-order valence-corrected chi connectivity index (χ3v) is 3.24. The van der Waals surface area contributed by atoms with Gasteiger partial charge in [0.25, 0.3) is 11.8 Å². The number of aromatic nitrogens is 2. The summed E-state index contributed by atoms with van der Waals surface area (Å²) in [5.74, 6) is 1.23. The number of rotatable bonds is 4. The highest BCUT2D eigenvalue weighted by molar-refractivity contribution is 6.04. The molecule has 7 nitrogen and oxygen atoms in total. The van der Waals surface area contributed by atoms with Gasteiger partial charge in [0.2, 0.25) is 11.6 Å². The summed E-state index contributed by atoms with van der Waals surface area (Å²) in [4.78, 5) is 18.4. The minimum atomic E-state index is -0.284. The molecule has 0 aliphatic carbocycles. The predicted molar refractivity (Wildman–Crippen MR) is 73.8 cm³/mol. The maximum Gasteiger partial charge on any atom is 0.298 e. The SMILES string of the molecule is CCOc1cc(C(=O)N2CCc3ccc(OC)nc32)on1. The zero-order chi connectivity index (χ0) is 14.8. The standard InChI is InChI=1S/C14H15N3O4/c1-3-20-12-8-10(21-16-12)14(18)17-7-6-9-4-5-11(19-2)15-13(9)17/h4-5,8H,3,6-7H2,1-2H3. The minimum Gasteiger partial charge on any atom is -0.481 e. The Balaban J connectivity index is 1.86. The first kappa shape index (κ1) is 13.4. The number of carbonyl (C=O) groups excluding carboxylic acids is 1. The van der Waals surface area contributed by atoms with Crippen LogP contribution in [0.5, 0.6) is 11.8 Å². The molecule has 2 aromatic heterocycles. The number of fused-ring (bicyclic) bond motifs is 1. The van der Waals surface area contributed by atoms with Crippen molar-refractivity contribution >= 4 is 11.7 Å². The molecule has 0 spiro atoms. The lowest BCUT2D eigenvalue weighted by Gasteiger charge is -2.14. The zero-order valence-electron chi connectivity index (χ0n) is 11.8. The van der Waals surface area contributed by atoms with Gasteiger partial charge in [-0.3, -0.25) is 9.69 Å². The molecular formula is C14H15N3O4. The van der Waals surface area contributed by atoms with Crippen molar-refractivity contribution in [3.8, 4) is 11.8 Å². The molecular weight excluding hydrogens is 274 g/mol. The highest BCUT2D eigenvalue weighted by Crippen LogP contribution is 2.29. The minimum absolute atomic E-state index is 0.135. The van der Waals surface area contributed by atoms with E-state index in [2.05, 4.69) is 10.1 Å². The van der Waals surface area contributed by atoms with Gasteiger partial charge in [-0.05, 0) is 30.1 Å². The third-order valence-electron chi connectivity index (χ3n) is 3.24. The van der Waals surface area contributed by atoms with Gasteiger partial charge in [0.15, 0.2) is 0 Å². The van der Waals surface area contributed by atoms with Crippen molar-refractivity contribution in [2.75, 3.05) is 25.2 Å². The monoisotopic (exact) mass is 289 g/mol. The van der Waals surface area contributed by atoms with Crippen LogP contribution in [0.3, 0.4) is 0 Å². The van der Waals surface area contributed by atoms with Crippen molar-refractivity contribution < 1.29 is 18.8 Å². The van der Waals surface area contributed by atoms with Gasteiger partial charge in [-0.2, -0.15) is 4.98 Å². The van der Waals surface area contributed by atoms with E-state index in [1.54, 1.807) is 18.1 Å². The fraction of sp³-hybridized carbons (Fsp3) is 0.357. The van der Waals surface area contributed by atoms with Crippen LogP contribution in [0.15, 0.2) is 22.7 Å². The van der Waals surface area contributed by atoms with E-state index in [0.29, 0.717) is 30.7 Å². The molecule has 0 atom stereocenters. The Hall–Kier alpha value is -2.57. The molecule has 110 valence electrons. The average molecular weight is 289 g/mol. The van der Waals surface area contributed by atoms with E-state index >= 15 is 0 Å². The van der Waals surface area contributed by atoms with Crippen LogP contribution in [0, 0.1) is 0 Å². The van der Waals surface area contributed by atoms with Crippen LogP contribution in [-0.2, 0) is 6.42 Å². The molecule has 3 heterocycles. The second kappa shape index (κ2) is 5.43. The van der Waals surface area contributed by atoms with Crippen LogP contribution >= 0.6 is 0 Å². The maximum atomic E-state index is 12.5. The number of amides is 1. The molecule has 0 unspecified atom stereocenters. The third kappa shape index (κ3) is 2.42. The second-order valence-corrected chi connectivity index (χ2v) is 4.51. The van der Waals surface area contributed by atoms with Gasteiger partial charge in [0.1, 0.15) is 5.82 Å². The largest absolute Gasteiger partial charge is 0.481 e. The van der Waals surface area contributed by atoms with Gasteiger partial charge >= 0.3 is 0 Å². The summed E-state index contributed by atoms with van der Waals surface area (Å²) in [6.45, 7) is 2.85. The molecule has 3 rings (SSSR count). The first-order valence-corrected chi connectivity index (χ1v) is 6.68. The maximum absolute atomic E-state index is 12.5. The topological polar surface area (TPSA) is 77.7 Å². The van der Waals surface area contributed by atoms with Gasteiger partial charge < -0.3 is 14.0 Å². The van der Waals surface area contributed by atoms with Crippen molar-refractivity contribution in [3.63, 3.8) is 0 Å². The number of nitrogens with zero attached hydrogens (tertiary/aromatic N) is 3. The summed E-state index contributed by atoms with van der Waals surface area (Å²) in [6, 6.07) is 5.19. The molecule has 2 aromatic rings. The van der Waals surface area contributed by atoms with Crippen LogP contribution in [0.25, 0.3) is 0 Å². The lowest BCUT2D eigenvalue weighted by molar-refractivity contribution is 0.0952. The van der Waals surface area contributed by atoms with Crippen molar-refractivity contribution in [2.24, 2.45) is 0 Å². The fourth-order valence-corrected chi connectivity index (χ4v) is 2.25. The Morgan fingerprint density at radius 2 is 2.29 bits per heavy atom. The molecule has 0 bridgehead atoms. The Morgan fingerprint density at radius 1 is 1.43 bits per heavy atom. The molecule has 0 fully saturated rings. The average Bonchev–Trinajstić information content (AvgIpc) is 3.13. The molecule has 0 N–H and O–H groups in total. The summed E-state index contributed by atoms with van der Waals surface area (Å²) in [6.07, 6.45) is 0.754. The van der Waals surface area contributed by atoms with Crippen LogP contribution in [0.2, 0.25) is 0 Å².